The second-order valence-electron chi connectivity index (χ2n) is 8.38. The Kier molecular flexibility index (Phi) is 4.86. The first-order valence-electron chi connectivity index (χ1n) is 10.4. The number of hydrogen-bond acceptors (Lipinski definition) is 9. The minimum atomic E-state index is 0.352. The summed E-state index contributed by atoms with van der Waals surface area (Å²) in [5, 5.41) is 28.1. The van der Waals surface area contributed by atoms with E-state index >= 15 is 0 Å². The molecule has 1 aliphatic heterocycles. The van der Waals surface area contributed by atoms with Crippen LogP contribution in [0, 0.1) is 30.1 Å². The summed E-state index contributed by atoms with van der Waals surface area (Å²) in [6.07, 6.45) is 7.67. The SMILES string of the molecule is Cc1cnc(Nc2cnn(C)c2)nc1NC1CC2CN(c3ccc(C#N)nn3)CC2C1. The number of nitrogens with zero attached hydrogens (tertiary/aromatic N) is 8. The van der Waals surface area contributed by atoms with Crippen LogP contribution in [0.1, 0.15) is 24.1 Å². The maximum Gasteiger partial charge on any atom is 0.229 e. The van der Waals surface area contributed by atoms with Crippen molar-refractivity contribution in [2.45, 2.75) is 25.8 Å². The molecule has 2 fully saturated rings. The molecule has 3 aromatic rings. The smallest absolute Gasteiger partial charge is 0.229 e. The Labute approximate surface area is 180 Å². The lowest BCUT2D eigenvalue weighted by molar-refractivity contribution is 0.494. The van der Waals surface area contributed by atoms with Gasteiger partial charge in [0.1, 0.15) is 11.9 Å². The predicted octanol–water partition coefficient (Wildman–Crippen LogP) is 2.25. The monoisotopic (exact) mass is 416 g/mol. The Morgan fingerprint density at radius 1 is 1.13 bits per heavy atom. The molecule has 2 atom stereocenters. The van der Waals surface area contributed by atoms with Gasteiger partial charge in [-0.1, -0.05) is 0 Å². The summed E-state index contributed by atoms with van der Waals surface area (Å²) in [4.78, 5) is 11.4. The van der Waals surface area contributed by atoms with Crippen molar-refractivity contribution in [1.82, 2.24) is 29.9 Å². The Balaban J connectivity index is 1.21. The van der Waals surface area contributed by atoms with Crippen LogP contribution in [0.5, 0.6) is 0 Å². The summed E-state index contributed by atoms with van der Waals surface area (Å²) in [6.45, 7) is 3.97. The molecule has 3 aromatic heterocycles. The van der Waals surface area contributed by atoms with E-state index < -0.39 is 0 Å². The number of nitrogens with one attached hydrogen (secondary N) is 2. The van der Waals surface area contributed by atoms with E-state index in [0.29, 0.717) is 29.5 Å². The van der Waals surface area contributed by atoms with Gasteiger partial charge in [0.15, 0.2) is 11.5 Å². The fourth-order valence-corrected chi connectivity index (χ4v) is 4.61. The molecule has 10 nitrogen and oxygen atoms in total. The van der Waals surface area contributed by atoms with Gasteiger partial charge in [-0.2, -0.15) is 15.3 Å². The highest BCUT2D eigenvalue weighted by molar-refractivity contribution is 5.54. The lowest BCUT2D eigenvalue weighted by Gasteiger charge is -2.21. The Morgan fingerprint density at radius 2 is 1.94 bits per heavy atom. The van der Waals surface area contributed by atoms with Crippen molar-refractivity contribution in [3.05, 3.63) is 42.0 Å². The van der Waals surface area contributed by atoms with E-state index in [0.717, 1.165) is 48.8 Å². The predicted molar refractivity (Wildman–Crippen MR) is 116 cm³/mol. The van der Waals surface area contributed by atoms with Crippen molar-refractivity contribution in [3.8, 4) is 6.07 Å². The molecular formula is C21H24N10. The van der Waals surface area contributed by atoms with Crippen LogP contribution in [0.4, 0.5) is 23.3 Å². The minimum Gasteiger partial charge on any atom is -0.367 e. The van der Waals surface area contributed by atoms with Crippen molar-refractivity contribution in [1.29, 1.82) is 5.26 Å². The molecule has 0 spiro atoms. The number of anilines is 4. The third kappa shape index (κ3) is 3.99. The zero-order valence-corrected chi connectivity index (χ0v) is 17.5. The van der Waals surface area contributed by atoms with Gasteiger partial charge in [-0.3, -0.25) is 4.68 Å². The molecule has 2 N–H and O–H groups in total. The average molecular weight is 416 g/mol. The van der Waals surface area contributed by atoms with Gasteiger partial charge >= 0.3 is 0 Å². The highest BCUT2D eigenvalue weighted by atomic mass is 15.3. The summed E-state index contributed by atoms with van der Waals surface area (Å²) in [7, 11) is 1.88. The lowest BCUT2D eigenvalue weighted by Crippen LogP contribution is -2.26. The Hall–Kier alpha value is -3.74. The van der Waals surface area contributed by atoms with Crippen LogP contribution in [0.15, 0.2) is 30.7 Å². The molecule has 0 amide bonds. The highest BCUT2D eigenvalue weighted by Crippen LogP contribution is 2.40. The molecule has 1 saturated carbocycles. The summed E-state index contributed by atoms with van der Waals surface area (Å²) >= 11 is 0. The largest absolute Gasteiger partial charge is 0.367 e. The molecule has 5 rings (SSSR count). The van der Waals surface area contributed by atoms with Crippen LogP contribution in [-0.4, -0.2) is 49.1 Å². The molecule has 0 radical (unpaired) electrons. The molecule has 4 heterocycles. The molecule has 0 aromatic carbocycles. The average Bonchev–Trinajstić information content (AvgIpc) is 3.45. The standard InChI is InChI=1S/C21H24N10/c1-13-8-23-21(26-18-9-24-30(2)12-18)27-20(13)25-17-5-14-10-31(11-15(14)6-17)19-4-3-16(7-22)28-29-19/h3-4,8-9,12,14-15,17H,5-6,10-11H2,1-2H3,(H2,23,25,26,27). The van der Waals surface area contributed by atoms with Crippen molar-refractivity contribution in [2.24, 2.45) is 18.9 Å². The fourth-order valence-electron chi connectivity index (χ4n) is 4.61. The highest BCUT2D eigenvalue weighted by Gasteiger charge is 2.41. The van der Waals surface area contributed by atoms with Crippen LogP contribution in [0.2, 0.25) is 0 Å². The van der Waals surface area contributed by atoms with Gasteiger partial charge in [0.25, 0.3) is 0 Å². The third-order valence-corrected chi connectivity index (χ3v) is 6.11. The topological polar surface area (TPSA) is 120 Å². The molecule has 10 heteroatoms. The van der Waals surface area contributed by atoms with E-state index in [1.807, 2.05) is 38.5 Å². The Morgan fingerprint density at radius 3 is 2.58 bits per heavy atom. The van der Waals surface area contributed by atoms with E-state index in [9.17, 15) is 0 Å². The van der Waals surface area contributed by atoms with E-state index in [-0.39, 0.29) is 0 Å². The maximum absolute atomic E-state index is 8.90. The second kappa shape index (κ2) is 7.83. The Bertz CT molecular complexity index is 1100. The van der Waals surface area contributed by atoms with Crippen LogP contribution >= 0.6 is 0 Å². The van der Waals surface area contributed by atoms with Gasteiger partial charge < -0.3 is 15.5 Å². The van der Waals surface area contributed by atoms with E-state index in [1.54, 1.807) is 16.9 Å². The quantitative estimate of drug-likeness (QED) is 0.645. The van der Waals surface area contributed by atoms with Crippen LogP contribution in [0.3, 0.4) is 0 Å². The van der Waals surface area contributed by atoms with Crippen molar-refractivity contribution in [2.75, 3.05) is 28.6 Å². The normalized spacial score (nSPS) is 22.2. The van der Waals surface area contributed by atoms with Crippen molar-refractivity contribution in [3.63, 3.8) is 0 Å². The van der Waals surface area contributed by atoms with Gasteiger partial charge in [0.05, 0.1) is 11.9 Å². The number of hydrogen-bond donors (Lipinski definition) is 2. The molecule has 2 aliphatic rings. The summed E-state index contributed by atoms with van der Waals surface area (Å²) in [5.74, 6) is 3.52. The van der Waals surface area contributed by atoms with Crippen molar-refractivity contribution >= 4 is 23.3 Å². The summed E-state index contributed by atoms with van der Waals surface area (Å²) in [5.41, 5.74) is 2.24. The fraction of sp³-hybridized carbons (Fsp3) is 0.429. The summed E-state index contributed by atoms with van der Waals surface area (Å²) < 4.78 is 1.74. The zero-order chi connectivity index (χ0) is 21.4. The minimum absolute atomic E-state index is 0.352. The third-order valence-electron chi connectivity index (χ3n) is 6.11. The van der Waals surface area contributed by atoms with Gasteiger partial charge in [-0.15, -0.1) is 10.2 Å². The molecule has 0 bridgehead atoms. The first kappa shape index (κ1) is 19.2. The number of rotatable bonds is 5. The van der Waals surface area contributed by atoms with Gasteiger partial charge in [-0.25, -0.2) is 4.98 Å². The number of aromatic nitrogens is 6. The van der Waals surface area contributed by atoms with Gasteiger partial charge in [0, 0.05) is 44.1 Å². The molecule has 1 aliphatic carbocycles. The van der Waals surface area contributed by atoms with Gasteiger partial charge in [-0.05, 0) is 43.7 Å². The number of nitriles is 1. The second-order valence-corrected chi connectivity index (χ2v) is 8.38. The summed E-state index contributed by atoms with van der Waals surface area (Å²) in [6, 6.07) is 6.03. The van der Waals surface area contributed by atoms with Gasteiger partial charge in [0.2, 0.25) is 5.95 Å². The van der Waals surface area contributed by atoms with Crippen LogP contribution in [0.25, 0.3) is 0 Å². The first-order chi connectivity index (χ1) is 15.1. The molecule has 158 valence electrons. The van der Waals surface area contributed by atoms with Crippen molar-refractivity contribution < 1.29 is 0 Å². The number of aryl methyl sites for hydroxylation is 2. The van der Waals surface area contributed by atoms with E-state index in [1.165, 1.54) is 0 Å². The van der Waals surface area contributed by atoms with Crippen LogP contribution in [-0.2, 0) is 7.05 Å². The van der Waals surface area contributed by atoms with E-state index in [2.05, 4.69) is 40.8 Å². The first-order valence-corrected chi connectivity index (χ1v) is 10.4. The molecule has 2 unspecified atom stereocenters. The lowest BCUT2D eigenvalue weighted by atomic mass is 10.0. The molecular weight excluding hydrogens is 392 g/mol. The number of fused-ring (bicyclic) bond motifs is 1. The van der Waals surface area contributed by atoms with E-state index in [4.69, 9.17) is 5.26 Å². The molecule has 31 heavy (non-hydrogen) atoms. The molecule has 1 saturated heterocycles. The maximum atomic E-state index is 8.90. The van der Waals surface area contributed by atoms with Crippen LogP contribution < -0.4 is 15.5 Å². The zero-order valence-electron chi connectivity index (χ0n) is 17.5.